The van der Waals surface area contributed by atoms with Crippen LogP contribution in [0.3, 0.4) is 0 Å². The second-order valence-electron chi connectivity index (χ2n) is 5.72. The highest BCUT2D eigenvalue weighted by Crippen LogP contribution is 2.41. The van der Waals surface area contributed by atoms with Crippen molar-refractivity contribution < 1.29 is 19.7 Å². The van der Waals surface area contributed by atoms with E-state index < -0.39 is 0 Å². The number of benzene rings is 3. The lowest BCUT2D eigenvalue weighted by Gasteiger charge is -2.18. The predicted molar refractivity (Wildman–Crippen MR) is 102 cm³/mol. The summed E-state index contributed by atoms with van der Waals surface area (Å²) < 4.78 is 11.6. The Kier molecular flexibility index (Phi) is 6.25. The second-order valence-corrected chi connectivity index (χ2v) is 5.72. The van der Waals surface area contributed by atoms with Crippen LogP contribution in [0.1, 0.15) is 0 Å². The average Bonchev–Trinajstić information content (AvgIpc) is 2.71. The van der Waals surface area contributed by atoms with E-state index in [0.29, 0.717) is 11.5 Å². The zero-order valence-corrected chi connectivity index (χ0v) is 14.5. The maximum Gasteiger partial charge on any atom is 0.128 e. The van der Waals surface area contributed by atoms with Crippen molar-refractivity contribution >= 4 is 0 Å². The molecule has 134 valence electrons. The van der Waals surface area contributed by atoms with Crippen LogP contribution >= 0.6 is 0 Å². The van der Waals surface area contributed by atoms with Crippen LogP contribution in [-0.4, -0.2) is 36.6 Å². The number of rotatable bonds is 8. The van der Waals surface area contributed by atoms with Crippen molar-refractivity contribution in [1.29, 1.82) is 0 Å². The van der Waals surface area contributed by atoms with E-state index in [0.717, 1.165) is 22.3 Å². The molecule has 0 saturated heterocycles. The Morgan fingerprint density at radius 3 is 1.31 bits per heavy atom. The van der Waals surface area contributed by atoms with Crippen LogP contribution in [0.15, 0.2) is 72.8 Å². The van der Waals surface area contributed by atoms with Gasteiger partial charge >= 0.3 is 0 Å². The van der Waals surface area contributed by atoms with Gasteiger partial charge < -0.3 is 19.7 Å². The van der Waals surface area contributed by atoms with Gasteiger partial charge in [0, 0.05) is 11.1 Å². The molecule has 0 fully saturated rings. The van der Waals surface area contributed by atoms with E-state index in [4.69, 9.17) is 19.7 Å². The first kappa shape index (κ1) is 18.0. The number of ether oxygens (including phenoxy) is 2. The number of aliphatic hydroxyl groups excluding tert-OH is 2. The molecule has 0 atom stereocenters. The standard InChI is InChI=1S/C22H22O4/c23-11-13-25-21-16-20(18-9-5-2-6-10-18)22(26-14-12-24)15-19(21)17-7-3-1-4-8-17/h1-10,15-16,23-24H,11-14H2. The molecule has 4 nitrogen and oxygen atoms in total. The quantitative estimate of drug-likeness (QED) is 0.649. The summed E-state index contributed by atoms with van der Waals surface area (Å²) in [5.74, 6) is 1.36. The van der Waals surface area contributed by atoms with Crippen LogP contribution < -0.4 is 9.47 Å². The number of hydrogen-bond acceptors (Lipinski definition) is 4. The number of hydrogen-bond donors (Lipinski definition) is 2. The van der Waals surface area contributed by atoms with Crippen LogP contribution in [-0.2, 0) is 0 Å². The molecule has 0 radical (unpaired) electrons. The second kappa shape index (κ2) is 9.04. The van der Waals surface area contributed by atoms with Crippen molar-refractivity contribution in [1.82, 2.24) is 0 Å². The van der Waals surface area contributed by atoms with Gasteiger partial charge in [-0.3, -0.25) is 0 Å². The first-order chi connectivity index (χ1) is 12.8. The van der Waals surface area contributed by atoms with Crippen LogP contribution in [0.4, 0.5) is 0 Å². The topological polar surface area (TPSA) is 58.9 Å². The summed E-state index contributed by atoms with van der Waals surface area (Å²) in [6.45, 7) is 0.311. The van der Waals surface area contributed by atoms with Crippen molar-refractivity contribution in [2.75, 3.05) is 26.4 Å². The van der Waals surface area contributed by atoms with E-state index >= 15 is 0 Å². The molecular formula is C22H22O4. The molecule has 4 heteroatoms. The third-order valence-corrected chi connectivity index (χ3v) is 3.95. The largest absolute Gasteiger partial charge is 0.491 e. The molecule has 0 spiro atoms. The molecule has 26 heavy (non-hydrogen) atoms. The Balaban J connectivity index is 2.14. The Hall–Kier alpha value is -2.82. The Labute approximate surface area is 153 Å². The molecule has 0 aromatic heterocycles. The maximum atomic E-state index is 9.17. The van der Waals surface area contributed by atoms with Crippen molar-refractivity contribution in [2.24, 2.45) is 0 Å². The molecule has 3 aromatic carbocycles. The van der Waals surface area contributed by atoms with Gasteiger partial charge in [0.15, 0.2) is 0 Å². The smallest absolute Gasteiger partial charge is 0.128 e. The third kappa shape index (κ3) is 4.23. The lowest BCUT2D eigenvalue weighted by molar-refractivity contribution is 0.199. The van der Waals surface area contributed by atoms with Gasteiger partial charge in [0.05, 0.1) is 13.2 Å². The SMILES string of the molecule is OCCOc1cc(-c2ccccc2)c(OCCO)cc1-c1ccccc1. The highest BCUT2D eigenvalue weighted by molar-refractivity contribution is 5.81. The average molecular weight is 350 g/mol. The fourth-order valence-electron chi connectivity index (χ4n) is 2.80. The highest BCUT2D eigenvalue weighted by Gasteiger charge is 2.15. The van der Waals surface area contributed by atoms with Crippen LogP contribution in [0.2, 0.25) is 0 Å². The van der Waals surface area contributed by atoms with Crippen molar-refractivity contribution in [2.45, 2.75) is 0 Å². The molecule has 0 aliphatic carbocycles. The van der Waals surface area contributed by atoms with Gasteiger partial charge in [-0.05, 0) is 23.3 Å². The summed E-state index contributed by atoms with van der Waals surface area (Å²) in [5, 5.41) is 18.3. The Morgan fingerprint density at radius 1 is 0.577 bits per heavy atom. The molecule has 2 N–H and O–H groups in total. The van der Waals surface area contributed by atoms with Gasteiger partial charge in [-0.1, -0.05) is 60.7 Å². The molecule has 0 aliphatic rings. The van der Waals surface area contributed by atoms with E-state index in [2.05, 4.69) is 0 Å². The zero-order valence-electron chi connectivity index (χ0n) is 14.5. The number of aliphatic hydroxyl groups is 2. The van der Waals surface area contributed by atoms with Crippen LogP contribution in [0, 0.1) is 0 Å². The fourth-order valence-corrected chi connectivity index (χ4v) is 2.80. The monoisotopic (exact) mass is 350 g/mol. The summed E-state index contributed by atoms with van der Waals surface area (Å²) in [5.41, 5.74) is 3.75. The molecule has 0 unspecified atom stereocenters. The molecule has 0 amide bonds. The van der Waals surface area contributed by atoms with Gasteiger partial charge in [0.2, 0.25) is 0 Å². The zero-order chi connectivity index (χ0) is 18.2. The van der Waals surface area contributed by atoms with E-state index in [1.165, 1.54) is 0 Å². The third-order valence-electron chi connectivity index (χ3n) is 3.95. The van der Waals surface area contributed by atoms with Crippen molar-refractivity contribution in [3.8, 4) is 33.8 Å². The molecule has 3 aromatic rings. The minimum atomic E-state index is -0.0579. The van der Waals surface area contributed by atoms with Gasteiger partial charge in [-0.15, -0.1) is 0 Å². The summed E-state index contributed by atoms with van der Waals surface area (Å²) in [6.07, 6.45) is 0. The molecule has 0 aliphatic heterocycles. The Morgan fingerprint density at radius 2 is 0.962 bits per heavy atom. The van der Waals surface area contributed by atoms with Crippen molar-refractivity contribution in [3.05, 3.63) is 72.8 Å². The highest BCUT2D eigenvalue weighted by atomic mass is 16.5. The lowest BCUT2D eigenvalue weighted by Crippen LogP contribution is -2.06. The van der Waals surface area contributed by atoms with E-state index in [1.54, 1.807) is 0 Å². The fraction of sp³-hybridized carbons (Fsp3) is 0.182. The Bertz CT molecular complexity index is 745. The molecular weight excluding hydrogens is 328 g/mol. The first-order valence-corrected chi connectivity index (χ1v) is 8.59. The van der Waals surface area contributed by atoms with Crippen LogP contribution in [0.25, 0.3) is 22.3 Å². The summed E-state index contributed by atoms with van der Waals surface area (Å²) in [6, 6.07) is 23.6. The molecule has 0 heterocycles. The summed E-state index contributed by atoms with van der Waals surface area (Å²) >= 11 is 0. The first-order valence-electron chi connectivity index (χ1n) is 8.59. The normalized spacial score (nSPS) is 10.5. The molecule has 0 bridgehead atoms. The maximum absolute atomic E-state index is 9.17. The van der Waals surface area contributed by atoms with E-state index in [9.17, 15) is 0 Å². The van der Waals surface area contributed by atoms with Gasteiger partial charge in [-0.2, -0.15) is 0 Å². The van der Waals surface area contributed by atoms with Gasteiger partial charge in [0.1, 0.15) is 24.7 Å². The van der Waals surface area contributed by atoms with Crippen molar-refractivity contribution in [3.63, 3.8) is 0 Å². The lowest BCUT2D eigenvalue weighted by atomic mass is 9.98. The summed E-state index contributed by atoms with van der Waals surface area (Å²) in [4.78, 5) is 0. The molecule has 0 saturated carbocycles. The minimum Gasteiger partial charge on any atom is -0.491 e. The molecule has 3 rings (SSSR count). The minimum absolute atomic E-state index is 0.0579. The van der Waals surface area contributed by atoms with E-state index in [1.807, 2.05) is 72.8 Å². The summed E-state index contributed by atoms with van der Waals surface area (Å²) in [7, 11) is 0. The van der Waals surface area contributed by atoms with Crippen LogP contribution in [0.5, 0.6) is 11.5 Å². The van der Waals surface area contributed by atoms with E-state index in [-0.39, 0.29) is 26.4 Å². The van der Waals surface area contributed by atoms with Gasteiger partial charge in [-0.25, -0.2) is 0 Å². The van der Waals surface area contributed by atoms with Gasteiger partial charge in [0.25, 0.3) is 0 Å². The predicted octanol–water partition coefficient (Wildman–Crippen LogP) is 3.76.